The second-order valence-corrected chi connectivity index (χ2v) is 5.27. The van der Waals surface area contributed by atoms with Crippen LogP contribution in [0.3, 0.4) is 0 Å². The molecule has 0 saturated heterocycles. The van der Waals surface area contributed by atoms with E-state index in [1.54, 1.807) is 0 Å². The van der Waals surface area contributed by atoms with Gasteiger partial charge in [-0.25, -0.2) is 8.78 Å². The van der Waals surface area contributed by atoms with Crippen molar-refractivity contribution in [3.8, 4) is 0 Å². The number of benzene rings is 2. The van der Waals surface area contributed by atoms with Gasteiger partial charge in [-0.3, -0.25) is 0 Å². The van der Waals surface area contributed by atoms with Gasteiger partial charge < -0.3 is 5.32 Å². The fourth-order valence-electron chi connectivity index (χ4n) is 2.62. The highest BCUT2D eigenvalue weighted by atomic mass is 19.1. The number of likely N-dealkylation sites (N-methyl/N-ethyl adjacent to an activating group) is 1. The van der Waals surface area contributed by atoms with Crippen molar-refractivity contribution in [1.29, 1.82) is 0 Å². The van der Waals surface area contributed by atoms with Gasteiger partial charge in [-0.15, -0.1) is 0 Å². The minimum Gasteiger partial charge on any atom is -0.313 e. The molecule has 1 N–H and O–H groups in total. The van der Waals surface area contributed by atoms with Gasteiger partial charge in [0.1, 0.15) is 11.6 Å². The smallest absolute Gasteiger partial charge is 0.129 e. The van der Waals surface area contributed by atoms with E-state index in [4.69, 9.17) is 0 Å². The summed E-state index contributed by atoms with van der Waals surface area (Å²) in [6, 6.07) is 14.1. The molecule has 0 spiro atoms. The van der Waals surface area contributed by atoms with Crippen LogP contribution < -0.4 is 5.32 Å². The van der Waals surface area contributed by atoms with Crippen LogP contribution in [0.25, 0.3) is 0 Å². The summed E-state index contributed by atoms with van der Waals surface area (Å²) in [6.45, 7) is 4.85. The van der Waals surface area contributed by atoms with Crippen molar-refractivity contribution in [3.05, 3.63) is 71.3 Å². The van der Waals surface area contributed by atoms with Crippen molar-refractivity contribution in [2.45, 2.75) is 32.2 Å². The average molecular weight is 289 g/mol. The van der Waals surface area contributed by atoms with Crippen LogP contribution >= 0.6 is 0 Å². The SMILES string of the molecule is CCNC(Cc1c(F)cccc1F)C(C)c1ccccc1. The Balaban J connectivity index is 2.23. The zero-order valence-electron chi connectivity index (χ0n) is 12.4. The second-order valence-electron chi connectivity index (χ2n) is 5.27. The predicted molar refractivity (Wildman–Crippen MR) is 82.4 cm³/mol. The van der Waals surface area contributed by atoms with Crippen molar-refractivity contribution in [3.63, 3.8) is 0 Å². The molecule has 0 heterocycles. The standard InChI is InChI=1S/C18H21F2N/c1-3-21-18(13(2)14-8-5-4-6-9-14)12-15-16(19)10-7-11-17(15)20/h4-11,13,18,21H,3,12H2,1-2H3. The molecule has 2 rings (SSSR count). The summed E-state index contributed by atoms with van der Waals surface area (Å²) in [4.78, 5) is 0. The first-order chi connectivity index (χ1) is 10.1. The molecule has 3 heteroatoms. The van der Waals surface area contributed by atoms with Crippen LogP contribution in [0.2, 0.25) is 0 Å². The van der Waals surface area contributed by atoms with Gasteiger partial charge in [0.2, 0.25) is 0 Å². The van der Waals surface area contributed by atoms with Gasteiger partial charge in [0.25, 0.3) is 0 Å². The van der Waals surface area contributed by atoms with Gasteiger partial charge in [0.05, 0.1) is 0 Å². The van der Waals surface area contributed by atoms with Crippen LogP contribution in [0.1, 0.15) is 30.9 Å². The predicted octanol–water partition coefficient (Wildman–Crippen LogP) is 4.29. The van der Waals surface area contributed by atoms with Gasteiger partial charge in [0, 0.05) is 11.6 Å². The first-order valence-corrected chi connectivity index (χ1v) is 7.34. The average Bonchev–Trinajstić information content (AvgIpc) is 2.50. The second kappa shape index (κ2) is 7.32. The zero-order valence-corrected chi connectivity index (χ0v) is 12.4. The Morgan fingerprint density at radius 1 is 0.952 bits per heavy atom. The van der Waals surface area contributed by atoms with Gasteiger partial charge >= 0.3 is 0 Å². The number of halogens is 2. The van der Waals surface area contributed by atoms with Gasteiger partial charge in [-0.2, -0.15) is 0 Å². The highest BCUT2D eigenvalue weighted by molar-refractivity contribution is 5.25. The Bertz CT molecular complexity index is 548. The number of hydrogen-bond donors (Lipinski definition) is 1. The molecule has 0 saturated carbocycles. The highest BCUT2D eigenvalue weighted by Gasteiger charge is 2.21. The van der Waals surface area contributed by atoms with Gasteiger partial charge in [-0.1, -0.05) is 50.2 Å². The lowest BCUT2D eigenvalue weighted by Gasteiger charge is -2.25. The van der Waals surface area contributed by atoms with Gasteiger partial charge in [0.15, 0.2) is 0 Å². The molecule has 0 bridgehead atoms. The third-order valence-corrected chi connectivity index (χ3v) is 3.88. The van der Waals surface area contributed by atoms with E-state index in [1.165, 1.54) is 23.8 Å². The van der Waals surface area contributed by atoms with Crippen LogP contribution in [0.5, 0.6) is 0 Å². The third kappa shape index (κ3) is 3.88. The van der Waals surface area contributed by atoms with E-state index < -0.39 is 11.6 Å². The summed E-state index contributed by atoms with van der Waals surface area (Å²) >= 11 is 0. The highest BCUT2D eigenvalue weighted by Crippen LogP contribution is 2.24. The number of rotatable bonds is 6. The van der Waals surface area contributed by atoms with Crippen LogP contribution in [0, 0.1) is 11.6 Å². The van der Waals surface area contributed by atoms with E-state index in [2.05, 4.69) is 12.2 Å². The van der Waals surface area contributed by atoms with E-state index >= 15 is 0 Å². The molecular formula is C18H21F2N. The fourth-order valence-corrected chi connectivity index (χ4v) is 2.62. The lowest BCUT2D eigenvalue weighted by Crippen LogP contribution is -2.36. The van der Waals surface area contributed by atoms with Crippen molar-refractivity contribution in [1.82, 2.24) is 5.32 Å². The summed E-state index contributed by atoms with van der Waals surface area (Å²) in [5, 5.41) is 3.35. The quantitative estimate of drug-likeness (QED) is 0.836. The summed E-state index contributed by atoms with van der Waals surface area (Å²) in [6.07, 6.45) is 0.336. The molecule has 2 aromatic carbocycles. The maximum absolute atomic E-state index is 13.8. The van der Waals surface area contributed by atoms with E-state index in [-0.39, 0.29) is 17.5 Å². The minimum absolute atomic E-state index is 0.0104. The van der Waals surface area contributed by atoms with Crippen LogP contribution in [-0.4, -0.2) is 12.6 Å². The normalized spacial score (nSPS) is 13.9. The van der Waals surface area contributed by atoms with Crippen molar-refractivity contribution >= 4 is 0 Å². The van der Waals surface area contributed by atoms with Crippen LogP contribution in [0.4, 0.5) is 8.78 Å². The molecule has 0 aromatic heterocycles. The molecule has 21 heavy (non-hydrogen) atoms. The largest absolute Gasteiger partial charge is 0.313 e. The first kappa shape index (κ1) is 15.6. The summed E-state index contributed by atoms with van der Waals surface area (Å²) in [7, 11) is 0. The Labute approximate surface area is 125 Å². The van der Waals surface area contributed by atoms with E-state index in [0.29, 0.717) is 6.42 Å². The maximum atomic E-state index is 13.8. The molecule has 0 amide bonds. The molecule has 2 aromatic rings. The molecule has 112 valence electrons. The zero-order chi connectivity index (χ0) is 15.2. The van der Waals surface area contributed by atoms with E-state index in [1.807, 2.05) is 37.3 Å². The van der Waals surface area contributed by atoms with E-state index in [9.17, 15) is 8.78 Å². The van der Waals surface area contributed by atoms with E-state index in [0.717, 1.165) is 6.54 Å². The van der Waals surface area contributed by atoms with Crippen LogP contribution in [0.15, 0.2) is 48.5 Å². The molecule has 0 fully saturated rings. The molecule has 0 radical (unpaired) electrons. The topological polar surface area (TPSA) is 12.0 Å². The maximum Gasteiger partial charge on any atom is 0.129 e. The molecule has 1 nitrogen and oxygen atoms in total. The molecule has 0 aliphatic carbocycles. The number of hydrogen-bond acceptors (Lipinski definition) is 1. The Hall–Kier alpha value is -1.74. The summed E-state index contributed by atoms with van der Waals surface area (Å²) in [5.74, 6) is -0.776. The Kier molecular flexibility index (Phi) is 5.45. The van der Waals surface area contributed by atoms with Gasteiger partial charge in [-0.05, 0) is 36.6 Å². The van der Waals surface area contributed by atoms with Crippen molar-refractivity contribution in [2.75, 3.05) is 6.54 Å². The summed E-state index contributed by atoms with van der Waals surface area (Å²) < 4.78 is 27.7. The molecule has 0 aliphatic rings. The lowest BCUT2D eigenvalue weighted by atomic mass is 9.88. The third-order valence-electron chi connectivity index (χ3n) is 3.88. The Morgan fingerprint density at radius 3 is 2.14 bits per heavy atom. The first-order valence-electron chi connectivity index (χ1n) is 7.34. The summed E-state index contributed by atoms with van der Waals surface area (Å²) in [5.41, 5.74) is 1.33. The number of nitrogens with one attached hydrogen (secondary N) is 1. The van der Waals surface area contributed by atoms with Crippen LogP contribution in [-0.2, 0) is 6.42 Å². The van der Waals surface area contributed by atoms with Crippen molar-refractivity contribution in [2.24, 2.45) is 0 Å². The molecule has 0 aliphatic heterocycles. The molecule has 2 atom stereocenters. The van der Waals surface area contributed by atoms with Crippen molar-refractivity contribution < 1.29 is 8.78 Å². The fraction of sp³-hybridized carbons (Fsp3) is 0.333. The monoisotopic (exact) mass is 289 g/mol. The Morgan fingerprint density at radius 2 is 1.57 bits per heavy atom. The lowest BCUT2D eigenvalue weighted by molar-refractivity contribution is 0.438. The molecular weight excluding hydrogens is 268 g/mol. The molecule has 2 unspecified atom stereocenters. The minimum atomic E-state index is -0.474.